The Morgan fingerprint density at radius 2 is 1.57 bits per heavy atom. The predicted octanol–water partition coefficient (Wildman–Crippen LogP) is 0.441. The molecule has 1 fully saturated rings. The Bertz CT molecular complexity index is 748. The average molecular weight is 386 g/mol. The standard InChI is InChI=1S/C20H27N5O3/c1-3-25(13-19(28)24-20(14-21)10-4-5-11-20)12-18(27)23-17-8-6-16(7-9-17)22-15(2)26/h6-9H,3-5,10-13H2,1-2H3,(H,22,26)(H,23,27)(H,24,28)/p+1. The van der Waals surface area contributed by atoms with Crippen molar-refractivity contribution in [3.63, 3.8) is 0 Å². The van der Waals surface area contributed by atoms with E-state index in [1.54, 1.807) is 24.3 Å². The SMILES string of the molecule is CC[NH+](CC(=O)Nc1ccc(NC(C)=O)cc1)CC(=O)NC1(C#N)CCCC1. The molecule has 2 rings (SSSR count). The second-order valence-corrected chi connectivity index (χ2v) is 7.21. The summed E-state index contributed by atoms with van der Waals surface area (Å²) < 4.78 is 0. The largest absolute Gasteiger partial charge is 0.333 e. The summed E-state index contributed by atoms with van der Waals surface area (Å²) in [6.07, 6.45) is 3.26. The van der Waals surface area contributed by atoms with Gasteiger partial charge >= 0.3 is 0 Å². The van der Waals surface area contributed by atoms with E-state index in [-0.39, 0.29) is 30.8 Å². The van der Waals surface area contributed by atoms with Gasteiger partial charge in [-0.05, 0) is 56.9 Å². The van der Waals surface area contributed by atoms with Crippen molar-refractivity contribution in [2.24, 2.45) is 0 Å². The number of nitrogens with one attached hydrogen (secondary N) is 4. The molecule has 0 spiro atoms. The summed E-state index contributed by atoms with van der Waals surface area (Å²) in [5.41, 5.74) is 0.531. The van der Waals surface area contributed by atoms with Gasteiger partial charge in [-0.25, -0.2) is 0 Å². The fourth-order valence-electron chi connectivity index (χ4n) is 3.37. The van der Waals surface area contributed by atoms with Gasteiger partial charge in [0.15, 0.2) is 13.1 Å². The van der Waals surface area contributed by atoms with E-state index in [4.69, 9.17) is 0 Å². The van der Waals surface area contributed by atoms with E-state index < -0.39 is 5.54 Å². The Kier molecular flexibility index (Phi) is 7.52. The molecular weight excluding hydrogens is 358 g/mol. The Balaban J connectivity index is 1.84. The van der Waals surface area contributed by atoms with Crippen molar-refractivity contribution in [2.75, 3.05) is 30.3 Å². The number of hydrogen-bond acceptors (Lipinski definition) is 4. The minimum atomic E-state index is -0.742. The first kappa shape index (κ1) is 21.4. The highest BCUT2D eigenvalue weighted by molar-refractivity contribution is 5.92. The monoisotopic (exact) mass is 386 g/mol. The maximum Gasteiger partial charge on any atom is 0.279 e. The molecule has 0 radical (unpaired) electrons. The first-order chi connectivity index (χ1) is 13.4. The van der Waals surface area contributed by atoms with Crippen LogP contribution in [0.5, 0.6) is 0 Å². The van der Waals surface area contributed by atoms with E-state index in [0.29, 0.717) is 30.8 Å². The number of hydrogen-bond donors (Lipinski definition) is 4. The van der Waals surface area contributed by atoms with Crippen LogP contribution in [0.25, 0.3) is 0 Å². The number of quaternary nitrogens is 1. The molecular formula is C20H28N5O3+. The van der Waals surface area contributed by atoms with Crippen molar-refractivity contribution >= 4 is 29.1 Å². The van der Waals surface area contributed by atoms with Crippen LogP contribution in [0.1, 0.15) is 39.5 Å². The van der Waals surface area contributed by atoms with E-state index in [0.717, 1.165) is 17.7 Å². The molecule has 1 aromatic carbocycles. The van der Waals surface area contributed by atoms with E-state index in [9.17, 15) is 19.6 Å². The van der Waals surface area contributed by atoms with Gasteiger partial charge in [0.05, 0.1) is 12.6 Å². The van der Waals surface area contributed by atoms with Gasteiger partial charge in [0.1, 0.15) is 5.54 Å². The Hall–Kier alpha value is -2.92. The van der Waals surface area contributed by atoms with Gasteiger partial charge < -0.3 is 20.9 Å². The second-order valence-electron chi connectivity index (χ2n) is 7.21. The third kappa shape index (κ3) is 6.35. The van der Waals surface area contributed by atoms with Crippen LogP contribution in [0.2, 0.25) is 0 Å². The third-order valence-electron chi connectivity index (χ3n) is 4.86. The van der Waals surface area contributed by atoms with Gasteiger partial charge in [0, 0.05) is 18.3 Å². The van der Waals surface area contributed by atoms with Crippen molar-refractivity contribution in [2.45, 2.75) is 45.1 Å². The number of carbonyl (C=O) groups is 3. The molecule has 1 aliphatic carbocycles. The lowest BCUT2D eigenvalue weighted by atomic mass is 10.00. The van der Waals surface area contributed by atoms with Gasteiger partial charge in [-0.1, -0.05) is 0 Å². The minimum absolute atomic E-state index is 0.148. The molecule has 8 heteroatoms. The molecule has 8 nitrogen and oxygen atoms in total. The molecule has 0 bridgehead atoms. The number of amides is 3. The van der Waals surface area contributed by atoms with Gasteiger partial charge in [-0.15, -0.1) is 0 Å². The number of benzene rings is 1. The van der Waals surface area contributed by atoms with Crippen LogP contribution in [0.3, 0.4) is 0 Å². The molecule has 4 N–H and O–H groups in total. The van der Waals surface area contributed by atoms with Crippen molar-refractivity contribution in [3.05, 3.63) is 24.3 Å². The van der Waals surface area contributed by atoms with Crippen LogP contribution in [0.4, 0.5) is 11.4 Å². The summed E-state index contributed by atoms with van der Waals surface area (Å²) >= 11 is 0. The summed E-state index contributed by atoms with van der Waals surface area (Å²) in [5, 5.41) is 17.7. The molecule has 1 aliphatic rings. The third-order valence-corrected chi connectivity index (χ3v) is 4.86. The van der Waals surface area contributed by atoms with Crippen molar-refractivity contribution in [1.29, 1.82) is 5.26 Å². The summed E-state index contributed by atoms with van der Waals surface area (Å²) in [4.78, 5) is 36.5. The van der Waals surface area contributed by atoms with Gasteiger partial charge in [-0.2, -0.15) is 5.26 Å². The minimum Gasteiger partial charge on any atom is -0.333 e. The van der Waals surface area contributed by atoms with Crippen LogP contribution < -0.4 is 20.9 Å². The van der Waals surface area contributed by atoms with E-state index in [1.807, 2.05) is 6.92 Å². The fraction of sp³-hybridized carbons (Fsp3) is 0.500. The highest BCUT2D eigenvalue weighted by atomic mass is 16.2. The van der Waals surface area contributed by atoms with Crippen LogP contribution in [0.15, 0.2) is 24.3 Å². The Labute approximate surface area is 165 Å². The van der Waals surface area contributed by atoms with Gasteiger partial charge in [-0.3, -0.25) is 14.4 Å². The van der Waals surface area contributed by atoms with E-state index >= 15 is 0 Å². The molecule has 0 saturated heterocycles. The predicted molar refractivity (Wildman–Crippen MR) is 106 cm³/mol. The summed E-state index contributed by atoms with van der Waals surface area (Å²) in [7, 11) is 0. The van der Waals surface area contributed by atoms with Crippen molar-refractivity contribution < 1.29 is 19.3 Å². The Morgan fingerprint density at radius 1 is 1.04 bits per heavy atom. The lowest BCUT2D eigenvalue weighted by Crippen LogP contribution is -3.14. The molecule has 1 aromatic rings. The van der Waals surface area contributed by atoms with E-state index in [1.165, 1.54) is 6.92 Å². The zero-order valence-electron chi connectivity index (χ0n) is 16.4. The van der Waals surface area contributed by atoms with Crippen LogP contribution >= 0.6 is 0 Å². The maximum atomic E-state index is 12.3. The molecule has 28 heavy (non-hydrogen) atoms. The quantitative estimate of drug-likeness (QED) is 0.519. The number of rotatable bonds is 8. The van der Waals surface area contributed by atoms with Crippen molar-refractivity contribution in [1.82, 2.24) is 5.32 Å². The van der Waals surface area contributed by atoms with Crippen LogP contribution in [-0.4, -0.2) is 42.9 Å². The van der Waals surface area contributed by atoms with Gasteiger partial charge in [0.25, 0.3) is 11.8 Å². The van der Waals surface area contributed by atoms with Gasteiger partial charge in [0.2, 0.25) is 5.91 Å². The maximum absolute atomic E-state index is 12.3. The smallest absolute Gasteiger partial charge is 0.279 e. The molecule has 0 heterocycles. The summed E-state index contributed by atoms with van der Waals surface area (Å²) in [5.74, 6) is -0.561. The molecule has 1 atom stereocenters. The lowest BCUT2D eigenvalue weighted by molar-refractivity contribution is -0.881. The number of nitrogens with zero attached hydrogens (tertiary/aromatic N) is 1. The number of likely N-dealkylation sites (N-methyl/N-ethyl adjacent to an activating group) is 1. The normalized spacial score (nSPS) is 15.9. The topological polar surface area (TPSA) is 116 Å². The summed E-state index contributed by atoms with van der Waals surface area (Å²) in [6, 6.07) is 9.07. The second kappa shape index (κ2) is 9.85. The lowest BCUT2D eigenvalue weighted by Gasteiger charge is -2.23. The summed E-state index contributed by atoms with van der Waals surface area (Å²) in [6.45, 7) is 4.25. The highest BCUT2D eigenvalue weighted by Gasteiger charge is 2.36. The number of nitriles is 1. The zero-order valence-corrected chi connectivity index (χ0v) is 16.4. The molecule has 1 saturated carbocycles. The molecule has 0 aromatic heterocycles. The van der Waals surface area contributed by atoms with E-state index in [2.05, 4.69) is 22.0 Å². The number of anilines is 2. The number of carbonyl (C=O) groups excluding carboxylic acids is 3. The average Bonchev–Trinajstić information content (AvgIpc) is 3.11. The Morgan fingerprint density at radius 3 is 2.07 bits per heavy atom. The molecule has 1 unspecified atom stereocenters. The highest BCUT2D eigenvalue weighted by Crippen LogP contribution is 2.28. The molecule has 150 valence electrons. The zero-order chi connectivity index (χ0) is 20.6. The first-order valence-corrected chi connectivity index (χ1v) is 9.59. The molecule has 3 amide bonds. The van der Waals surface area contributed by atoms with Crippen molar-refractivity contribution in [3.8, 4) is 6.07 Å². The first-order valence-electron chi connectivity index (χ1n) is 9.59. The fourth-order valence-corrected chi connectivity index (χ4v) is 3.37. The molecule has 0 aliphatic heterocycles. The van der Waals surface area contributed by atoms with Crippen LogP contribution in [0, 0.1) is 11.3 Å². The van der Waals surface area contributed by atoms with Crippen LogP contribution in [-0.2, 0) is 14.4 Å².